The summed E-state index contributed by atoms with van der Waals surface area (Å²) >= 11 is 0. The highest BCUT2D eigenvalue weighted by atomic mass is 19.4. The smallest absolute Gasteiger partial charge is 0.330 e. The molecule has 0 fully saturated rings. The van der Waals surface area contributed by atoms with Gasteiger partial charge in [-0.2, -0.15) is 35.1 Å². The van der Waals surface area contributed by atoms with Crippen molar-refractivity contribution in [2.75, 3.05) is 6.54 Å². The molecule has 120 valence electrons. The van der Waals surface area contributed by atoms with Crippen molar-refractivity contribution >= 4 is 5.91 Å². The number of carbonyl (C=O) groups is 1. The summed E-state index contributed by atoms with van der Waals surface area (Å²) in [5.74, 6) is -11.0. The molecule has 12 heteroatoms. The van der Waals surface area contributed by atoms with Gasteiger partial charge in [0.15, 0.2) is 5.82 Å². The number of aromatic nitrogens is 2. The first-order valence-corrected chi connectivity index (χ1v) is 5.17. The zero-order chi connectivity index (χ0) is 16.6. The number of halogens is 8. The van der Waals surface area contributed by atoms with E-state index in [1.165, 1.54) is 0 Å². The van der Waals surface area contributed by atoms with Gasteiger partial charge >= 0.3 is 24.2 Å². The molecule has 0 amide bonds. The second-order valence-corrected chi connectivity index (χ2v) is 3.84. The second kappa shape index (κ2) is 5.24. The van der Waals surface area contributed by atoms with E-state index < -0.39 is 40.3 Å². The molecule has 0 radical (unpaired) electrons. The van der Waals surface area contributed by atoms with Crippen LogP contribution in [0.2, 0.25) is 0 Å². The monoisotopic (exact) mass is 325 g/mol. The predicted molar refractivity (Wildman–Crippen MR) is 51.6 cm³/mol. The maximum atomic E-state index is 13.2. The zero-order valence-corrected chi connectivity index (χ0v) is 9.90. The Morgan fingerprint density at radius 2 is 1.67 bits per heavy atom. The molecule has 21 heavy (non-hydrogen) atoms. The molecule has 2 N–H and O–H groups in total. The summed E-state index contributed by atoms with van der Waals surface area (Å²) in [5.41, 5.74) is 4.42. The van der Waals surface area contributed by atoms with Crippen molar-refractivity contribution in [3.8, 4) is 0 Å². The molecule has 0 aliphatic rings. The Kier molecular flexibility index (Phi) is 4.32. The first kappa shape index (κ1) is 17.3. The molecule has 0 spiro atoms. The molecule has 1 rings (SSSR count). The van der Waals surface area contributed by atoms with Crippen LogP contribution in [0.3, 0.4) is 0 Å². The molecular weight excluding hydrogens is 318 g/mol. The van der Waals surface area contributed by atoms with Gasteiger partial charge in [-0.3, -0.25) is 9.36 Å². The Labute approximate surface area is 111 Å². The number of hydrogen-bond acceptors (Lipinski definition) is 3. The minimum atomic E-state index is -6.21. The number of alkyl halides is 8. The van der Waals surface area contributed by atoms with Crippen molar-refractivity contribution in [3.63, 3.8) is 0 Å². The molecule has 0 atom stereocenters. The van der Waals surface area contributed by atoms with Crippen molar-refractivity contribution < 1.29 is 39.9 Å². The van der Waals surface area contributed by atoms with Crippen molar-refractivity contribution in [1.29, 1.82) is 0 Å². The number of nitrogens with zero attached hydrogens (tertiary/aromatic N) is 2. The molecule has 4 nitrogen and oxygen atoms in total. The highest BCUT2D eigenvalue weighted by Gasteiger charge is 2.63. The van der Waals surface area contributed by atoms with Crippen LogP contribution in [0.25, 0.3) is 0 Å². The van der Waals surface area contributed by atoms with E-state index in [2.05, 4.69) is 4.98 Å². The van der Waals surface area contributed by atoms with E-state index in [1.54, 1.807) is 0 Å². The third-order valence-corrected chi connectivity index (χ3v) is 2.25. The minimum Gasteiger partial charge on any atom is -0.330 e. The van der Waals surface area contributed by atoms with Crippen LogP contribution in [0.15, 0.2) is 6.20 Å². The molecule has 0 bridgehead atoms. The van der Waals surface area contributed by atoms with Crippen molar-refractivity contribution in [3.05, 3.63) is 17.7 Å². The molecule has 1 aromatic heterocycles. The summed E-state index contributed by atoms with van der Waals surface area (Å²) < 4.78 is 98.9. The molecule has 0 saturated heterocycles. The normalized spacial score (nSPS) is 13.6. The summed E-state index contributed by atoms with van der Waals surface area (Å²) in [6.07, 6.45) is -12.1. The van der Waals surface area contributed by atoms with Gasteiger partial charge in [-0.25, -0.2) is 4.98 Å². The van der Waals surface area contributed by atoms with Crippen LogP contribution in [0.5, 0.6) is 0 Å². The van der Waals surface area contributed by atoms with Gasteiger partial charge in [-0.1, -0.05) is 0 Å². The molecule has 0 aromatic carbocycles. The SMILES string of the molecule is NCCc1cn(C(=O)C(F)(F)F)c(C(F)(F)C(F)(F)F)n1. The average Bonchev–Trinajstić information content (AvgIpc) is 2.70. The van der Waals surface area contributed by atoms with Gasteiger partial charge in [-0.05, 0) is 6.54 Å². The Bertz CT molecular complexity index is 530. The zero-order valence-electron chi connectivity index (χ0n) is 9.90. The van der Waals surface area contributed by atoms with E-state index in [-0.39, 0.29) is 19.2 Å². The Balaban J connectivity index is 3.47. The van der Waals surface area contributed by atoms with Gasteiger partial charge in [0.1, 0.15) is 0 Å². The first-order chi connectivity index (χ1) is 9.32. The van der Waals surface area contributed by atoms with Crippen LogP contribution < -0.4 is 5.73 Å². The molecule has 1 aromatic rings. The van der Waals surface area contributed by atoms with Gasteiger partial charge in [0.25, 0.3) is 0 Å². The Morgan fingerprint density at radius 1 is 1.14 bits per heavy atom. The quantitative estimate of drug-likeness (QED) is 0.867. The fraction of sp³-hybridized carbons (Fsp3) is 0.556. The fourth-order valence-corrected chi connectivity index (χ4v) is 1.34. The van der Waals surface area contributed by atoms with Gasteiger partial charge in [0, 0.05) is 12.6 Å². The first-order valence-electron chi connectivity index (χ1n) is 5.17. The van der Waals surface area contributed by atoms with Gasteiger partial charge in [-0.15, -0.1) is 0 Å². The number of nitrogens with two attached hydrogens (primary N) is 1. The lowest BCUT2D eigenvalue weighted by molar-refractivity contribution is -0.293. The third-order valence-electron chi connectivity index (χ3n) is 2.25. The van der Waals surface area contributed by atoms with Crippen LogP contribution in [0, 0.1) is 0 Å². The van der Waals surface area contributed by atoms with E-state index >= 15 is 0 Å². The van der Waals surface area contributed by atoms with Crippen LogP contribution in [0.1, 0.15) is 16.3 Å². The summed E-state index contributed by atoms with van der Waals surface area (Å²) in [4.78, 5) is 13.7. The van der Waals surface area contributed by atoms with E-state index in [9.17, 15) is 39.9 Å². The van der Waals surface area contributed by atoms with Gasteiger partial charge in [0.2, 0.25) is 0 Å². The molecule has 0 unspecified atom stereocenters. The second-order valence-electron chi connectivity index (χ2n) is 3.84. The average molecular weight is 325 g/mol. The number of hydrogen-bond donors (Lipinski definition) is 1. The van der Waals surface area contributed by atoms with E-state index in [4.69, 9.17) is 5.73 Å². The summed E-state index contributed by atoms with van der Waals surface area (Å²) in [6, 6.07) is 0. The van der Waals surface area contributed by atoms with Crippen LogP contribution >= 0.6 is 0 Å². The third kappa shape index (κ3) is 3.31. The Morgan fingerprint density at radius 3 is 2.05 bits per heavy atom. The highest BCUT2D eigenvalue weighted by molar-refractivity contribution is 5.85. The largest absolute Gasteiger partial charge is 0.472 e. The summed E-state index contributed by atoms with van der Waals surface area (Å²) in [6.45, 7) is -0.270. The summed E-state index contributed by atoms with van der Waals surface area (Å²) in [5, 5.41) is 0. The van der Waals surface area contributed by atoms with E-state index in [1.807, 2.05) is 0 Å². The van der Waals surface area contributed by atoms with Crippen LogP contribution in [0.4, 0.5) is 35.1 Å². The van der Waals surface area contributed by atoms with Gasteiger partial charge < -0.3 is 5.73 Å². The summed E-state index contributed by atoms with van der Waals surface area (Å²) in [7, 11) is 0. The molecule has 0 aliphatic carbocycles. The van der Waals surface area contributed by atoms with Crippen molar-refractivity contribution in [1.82, 2.24) is 9.55 Å². The Hall–Kier alpha value is -1.72. The fourth-order valence-electron chi connectivity index (χ4n) is 1.34. The topological polar surface area (TPSA) is 60.9 Å². The lowest BCUT2D eigenvalue weighted by Crippen LogP contribution is -2.40. The van der Waals surface area contributed by atoms with Crippen LogP contribution in [-0.4, -0.2) is 34.4 Å². The lowest BCUT2D eigenvalue weighted by Gasteiger charge is -2.19. The molecule has 0 aliphatic heterocycles. The minimum absolute atomic E-state index is 0.164. The molecule has 1 heterocycles. The predicted octanol–water partition coefficient (Wildman–Crippen LogP) is 2.24. The standard InChI is InChI=1S/C9H7F8N3O/c10-7(11,9(15,16)17)5-19-4(1-2-18)3-20(5)6(21)8(12,13)14/h3H,1-2,18H2. The van der Waals surface area contributed by atoms with E-state index in [0.717, 1.165) is 0 Å². The molecular formula is C9H7F8N3O. The van der Waals surface area contributed by atoms with Gasteiger partial charge in [0.05, 0.1) is 5.69 Å². The maximum absolute atomic E-state index is 13.2. The van der Waals surface area contributed by atoms with Crippen LogP contribution in [-0.2, 0) is 12.3 Å². The highest BCUT2D eigenvalue weighted by Crippen LogP contribution is 2.43. The molecule has 0 saturated carbocycles. The maximum Gasteiger partial charge on any atom is 0.472 e. The lowest BCUT2D eigenvalue weighted by atomic mass is 10.3. The van der Waals surface area contributed by atoms with Crippen molar-refractivity contribution in [2.24, 2.45) is 5.73 Å². The number of carbonyl (C=O) groups excluding carboxylic acids is 1. The number of imidazole rings is 1. The van der Waals surface area contributed by atoms with Crippen molar-refractivity contribution in [2.45, 2.75) is 24.7 Å². The van der Waals surface area contributed by atoms with E-state index in [0.29, 0.717) is 0 Å². The number of rotatable bonds is 3.